The second kappa shape index (κ2) is 7.46. The molecule has 0 bridgehead atoms. The van der Waals surface area contributed by atoms with E-state index < -0.39 is 0 Å². The van der Waals surface area contributed by atoms with Crippen molar-refractivity contribution >= 4 is 5.91 Å². The first kappa shape index (κ1) is 17.5. The van der Waals surface area contributed by atoms with Crippen LogP contribution in [0.3, 0.4) is 0 Å². The maximum atomic E-state index is 12.1. The fourth-order valence-electron chi connectivity index (χ4n) is 2.50. The summed E-state index contributed by atoms with van der Waals surface area (Å²) in [6.45, 7) is 8.33. The van der Waals surface area contributed by atoms with Crippen molar-refractivity contribution in [1.29, 1.82) is 0 Å². The average molecular weight is 292 g/mol. The van der Waals surface area contributed by atoms with E-state index >= 15 is 0 Å². The fraction of sp³-hybridized carbons (Fsp3) is 0.588. The molecule has 0 fully saturated rings. The van der Waals surface area contributed by atoms with Crippen molar-refractivity contribution in [2.24, 2.45) is 11.1 Å². The van der Waals surface area contributed by atoms with Crippen molar-refractivity contribution in [1.82, 2.24) is 5.32 Å². The third kappa shape index (κ3) is 6.17. The van der Waals surface area contributed by atoms with E-state index in [2.05, 4.69) is 26.1 Å². The molecule has 1 aromatic carbocycles. The van der Waals surface area contributed by atoms with Crippen LogP contribution in [0.2, 0.25) is 0 Å². The van der Waals surface area contributed by atoms with E-state index in [1.165, 1.54) is 0 Å². The molecule has 0 spiro atoms. The van der Waals surface area contributed by atoms with E-state index in [1.807, 2.05) is 31.2 Å². The average Bonchev–Trinajstić information content (AvgIpc) is 2.35. The van der Waals surface area contributed by atoms with Crippen LogP contribution in [0, 0.1) is 5.41 Å². The van der Waals surface area contributed by atoms with Gasteiger partial charge in [-0.1, -0.05) is 39.0 Å². The molecule has 0 aliphatic rings. The summed E-state index contributed by atoms with van der Waals surface area (Å²) in [7, 11) is 1.63. The van der Waals surface area contributed by atoms with Gasteiger partial charge in [0, 0.05) is 18.0 Å². The lowest BCUT2D eigenvalue weighted by atomic mass is 9.87. The lowest BCUT2D eigenvalue weighted by Gasteiger charge is -2.23. The van der Waals surface area contributed by atoms with Gasteiger partial charge in [-0.3, -0.25) is 4.79 Å². The third-order valence-corrected chi connectivity index (χ3v) is 3.31. The summed E-state index contributed by atoms with van der Waals surface area (Å²) in [6.07, 6.45) is 1.17. The molecule has 0 aliphatic carbocycles. The number of ether oxygens (including phenoxy) is 1. The van der Waals surface area contributed by atoms with Crippen LogP contribution in [-0.2, 0) is 4.79 Å². The van der Waals surface area contributed by atoms with Gasteiger partial charge in [-0.05, 0) is 24.8 Å². The Morgan fingerprint density at radius 1 is 1.33 bits per heavy atom. The highest BCUT2D eigenvalue weighted by Gasteiger charge is 2.20. The number of para-hydroxylation sites is 1. The highest BCUT2D eigenvalue weighted by molar-refractivity contribution is 5.77. The van der Waals surface area contributed by atoms with Crippen LogP contribution >= 0.6 is 0 Å². The summed E-state index contributed by atoms with van der Waals surface area (Å²) in [6, 6.07) is 7.48. The zero-order chi connectivity index (χ0) is 16.0. The van der Waals surface area contributed by atoms with Crippen LogP contribution in [-0.4, -0.2) is 19.1 Å². The number of carbonyl (C=O) groups excluding carboxylic acids is 1. The van der Waals surface area contributed by atoms with Crippen LogP contribution in [0.1, 0.15) is 52.1 Å². The van der Waals surface area contributed by atoms with Gasteiger partial charge in [0.25, 0.3) is 0 Å². The predicted molar refractivity (Wildman–Crippen MR) is 86.2 cm³/mol. The molecular formula is C17H28N2O2. The topological polar surface area (TPSA) is 64.3 Å². The lowest BCUT2D eigenvalue weighted by molar-refractivity contribution is -0.122. The van der Waals surface area contributed by atoms with E-state index in [4.69, 9.17) is 10.5 Å². The van der Waals surface area contributed by atoms with Gasteiger partial charge in [0.1, 0.15) is 5.75 Å². The van der Waals surface area contributed by atoms with E-state index in [9.17, 15) is 4.79 Å². The van der Waals surface area contributed by atoms with Gasteiger partial charge >= 0.3 is 0 Å². The Bertz CT molecular complexity index is 466. The highest BCUT2D eigenvalue weighted by Crippen LogP contribution is 2.25. The number of hydrogen-bond acceptors (Lipinski definition) is 3. The maximum absolute atomic E-state index is 12.1. The Balaban J connectivity index is 2.58. The van der Waals surface area contributed by atoms with Crippen molar-refractivity contribution in [2.45, 2.75) is 52.6 Å². The number of methoxy groups -OCH3 is 1. The molecule has 2 atom stereocenters. The van der Waals surface area contributed by atoms with Crippen molar-refractivity contribution in [2.75, 3.05) is 7.11 Å². The first-order valence-electron chi connectivity index (χ1n) is 7.41. The van der Waals surface area contributed by atoms with Crippen molar-refractivity contribution < 1.29 is 9.53 Å². The summed E-state index contributed by atoms with van der Waals surface area (Å²) < 4.78 is 5.32. The van der Waals surface area contributed by atoms with Gasteiger partial charge in [-0.2, -0.15) is 0 Å². The predicted octanol–water partition coefficient (Wildman–Crippen LogP) is 3.03. The smallest absolute Gasteiger partial charge is 0.222 e. The second-order valence-corrected chi connectivity index (χ2v) is 6.76. The molecule has 3 N–H and O–H groups in total. The fourth-order valence-corrected chi connectivity index (χ4v) is 2.50. The molecule has 4 heteroatoms. The Morgan fingerprint density at radius 2 is 1.95 bits per heavy atom. The molecule has 0 saturated heterocycles. The number of rotatable bonds is 6. The summed E-state index contributed by atoms with van der Waals surface area (Å²) in [4.78, 5) is 12.1. The molecule has 118 valence electrons. The van der Waals surface area contributed by atoms with Crippen LogP contribution in [0.4, 0.5) is 0 Å². The van der Waals surface area contributed by atoms with Crippen LogP contribution in [0.5, 0.6) is 5.75 Å². The summed E-state index contributed by atoms with van der Waals surface area (Å²) in [5, 5.41) is 2.99. The molecule has 4 nitrogen and oxygen atoms in total. The van der Waals surface area contributed by atoms with Crippen molar-refractivity contribution in [3.05, 3.63) is 29.8 Å². The molecule has 0 aliphatic heterocycles. The Morgan fingerprint density at radius 3 is 2.52 bits per heavy atom. The second-order valence-electron chi connectivity index (χ2n) is 6.76. The number of nitrogens with two attached hydrogens (primary N) is 1. The molecule has 0 aromatic heterocycles. The van der Waals surface area contributed by atoms with E-state index in [0.29, 0.717) is 6.42 Å². The standard InChI is InChI=1S/C17H28N2O2/c1-12(14-8-6-7-9-15(14)21-5)19-16(20)10-13(18)11-17(2,3)4/h6-9,12-13H,10-11,18H2,1-5H3,(H,19,20). The minimum Gasteiger partial charge on any atom is -0.496 e. The number of carbonyl (C=O) groups is 1. The van der Waals surface area contributed by atoms with Crippen LogP contribution in [0.25, 0.3) is 0 Å². The summed E-state index contributed by atoms with van der Waals surface area (Å²) in [5.41, 5.74) is 7.15. The van der Waals surface area contributed by atoms with Crippen LogP contribution < -0.4 is 15.8 Å². The Labute approximate surface area is 128 Å². The monoisotopic (exact) mass is 292 g/mol. The SMILES string of the molecule is COc1ccccc1C(C)NC(=O)CC(N)CC(C)(C)C. The zero-order valence-electron chi connectivity index (χ0n) is 13.8. The van der Waals surface area contributed by atoms with E-state index in [1.54, 1.807) is 7.11 Å². The lowest BCUT2D eigenvalue weighted by Crippen LogP contribution is -2.35. The summed E-state index contributed by atoms with van der Waals surface area (Å²) in [5.74, 6) is 0.759. The molecule has 1 amide bonds. The molecule has 0 saturated carbocycles. The molecule has 1 rings (SSSR count). The van der Waals surface area contributed by atoms with Gasteiger partial charge in [0.2, 0.25) is 5.91 Å². The molecule has 21 heavy (non-hydrogen) atoms. The number of nitrogens with one attached hydrogen (secondary N) is 1. The number of benzene rings is 1. The van der Waals surface area contributed by atoms with Gasteiger partial charge in [-0.25, -0.2) is 0 Å². The van der Waals surface area contributed by atoms with E-state index in [-0.39, 0.29) is 23.4 Å². The Hall–Kier alpha value is -1.55. The molecule has 1 aromatic rings. The normalized spacial score (nSPS) is 14.4. The van der Waals surface area contributed by atoms with Crippen LogP contribution in [0.15, 0.2) is 24.3 Å². The quantitative estimate of drug-likeness (QED) is 0.847. The summed E-state index contributed by atoms with van der Waals surface area (Å²) >= 11 is 0. The molecule has 2 unspecified atom stereocenters. The number of amides is 1. The minimum absolute atomic E-state index is 0.0230. The van der Waals surface area contributed by atoms with E-state index in [0.717, 1.165) is 17.7 Å². The highest BCUT2D eigenvalue weighted by atomic mass is 16.5. The first-order valence-corrected chi connectivity index (χ1v) is 7.41. The van der Waals surface area contributed by atoms with Gasteiger partial charge in [0.15, 0.2) is 0 Å². The number of hydrogen-bond donors (Lipinski definition) is 2. The van der Waals surface area contributed by atoms with Crippen molar-refractivity contribution in [3.8, 4) is 5.75 Å². The molecular weight excluding hydrogens is 264 g/mol. The van der Waals surface area contributed by atoms with Gasteiger partial charge in [-0.15, -0.1) is 0 Å². The minimum atomic E-state index is -0.116. The Kier molecular flexibility index (Phi) is 6.21. The van der Waals surface area contributed by atoms with Gasteiger partial charge in [0.05, 0.1) is 13.2 Å². The third-order valence-electron chi connectivity index (χ3n) is 3.31. The molecule has 0 radical (unpaired) electrons. The largest absolute Gasteiger partial charge is 0.496 e. The zero-order valence-corrected chi connectivity index (χ0v) is 13.8. The maximum Gasteiger partial charge on any atom is 0.222 e. The first-order chi connectivity index (χ1) is 9.73. The van der Waals surface area contributed by atoms with Gasteiger partial charge < -0.3 is 15.8 Å². The molecule has 0 heterocycles. The van der Waals surface area contributed by atoms with Crippen molar-refractivity contribution in [3.63, 3.8) is 0 Å².